The maximum Gasteiger partial charge on any atom is 0.387 e. The SMILES string of the molecule is N#Cc1c(-c2ccccc2)nc(NN=Cc2cc(Br)ccc2OC(F)F)[nH]c1=O. The van der Waals surface area contributed by atoms with Crippen molar-refractivity contribution in [1.29, 1.82) is 5.26 Å². The van der Waals surface area contributed by atoms with E-state index in [1.54, 1.807) is 36.4 Å². The van der Waals surface area contributed by atoms with Gasteiger partial charge in [-0.1, -0.05) is 46.3 Å². The zero-order valence-corrected chi connectivity index (χ0v) is 16.2. The number of aromatic nitrogens is 2. The van der Waals surface area contributed by atoms with Gasteiger partial charge in [0.15, 0.2) is 0 Å². The molecule has 0 unspecified atom stereocenters. The Morgan fingerprint density at radius 1 is 1.28 bits per heavy atom. The van der Waals surface area contributed by atoms with E-state index in [0.717, 1.165) is 0 Å². The fraction of sp³-hybridized carbons (Fsp3) is 0.0526. The predicted molar refractivity (Wildman–Crippen MR) is 107 cm³/mol. The van der Waals surface area contributed by atoms with Gasteiger partial charge in [-0.3, -0.25) is 9.78 Å². The van der Waals surface area contributed by atoms with Crippen LogP contribution in [0.2, 0.25) is 0 Å². The first-order valence-electron chi connectivity index (χ1n) is 8.11. The Kier molecular flexibility index (Phi) is 6.31. The Labute approximate surface area is 171 Å². The standard InChI is InChI=1S/C19H12BrF2N5O2/c20-13-6-7-15(29-18(21)22)12(8-13)10-24-27-19-25-16(11-4-2-1-3-5-11)14(9-23)17(28)26-19/h1-8,10,18H,(H2,25,26,27,28). The van der Waals surface area contributed by atoms with Crippen molar-refractivity contribution in [2.24, 2.45) is 5.10 Å². The van der Waals surface area contributed by atoms with E-state index in [-0.39, 0.29) is 28.5 Å². The summed E-state index contributed by atoms with van der Waals surface area (Å²) in [6, 6.07) is 15.0. The number of nitriles is 1. The monoisotopic (exact) mass is 459 g/mol. The summed E-state index contributed by atoms with van der Waals surface area (Å²) in [5.74, 6) is -0.0876. The van der Waals surface area contributed by atoms with Crippen LogP contribution in [0.4, 0.5) is 14.7 Å². The van der Waals surface area contributed by atoms with Crippen LogP contribution in [0, 0.1) is 11.3 Å². The summed E-state index contributed by atoms with van der Waals surface area (Å²) in [4.78, 5) is 18.8. The molecule has 1 heterocycles. The van der Waals surface area contributed by atoms with Crippen molar-refractivity contribution < 1.29 is 13.5 Å². The van der Waals surface area contributed by atoms with Gasteiger partial charge in [0.1, 0.15) is 17.4 Å². The molecule has 1 aromatic heterocycles. The number of anilines is 1. The molecule has 2 N–H and O–H groups in total. The topological polar surface area (TPSA) is 103 Å². The summed E-state index contributed by atoms with van der Waals surface area (Å²) in [6.07, 6.45) is 1.24. The molecule has 10 heteroatoms. The van der Waals surface area contributed by atoms with Crippen molar-refractivity contribution in [3.05, 3.63) is 74.5 Å². The number of benzene rings is 2. The van der Waals surface area contributed by atoms with Crippen molar-refractivity contribution >= 4 is 28.1 Å². The Morgan fingerprint density at radius 2 is 2.03 bits per heavy atom. The second kappa shape index (κ2) is 9.07. The normalized spacial score (nSPS) is 10.9. The van der Waals surface area contributed by atoms with Gasteiger partial charge in [-0.05, 0) is 18.2 Å². The number of hydrogen-bond donors (Lipinski definition) is 2. The van der Waals surface area contributed by atoms with Crippen LogP contribution in [0.5, 0.6) is 5.75 Å². The molecule has 0 aliphatic carbocycles. The van der Waals surface area contributed by atoms with Crippen LogP contribution in [-0.4, -0.2) is 22.8 Å². The second-order valence-corrected chi connectivity index (χ2v) is 6.46. The lowest BCUT2D eigenvalue weighted by atomic mass is 10.1. The highest BCUT2D eigenvalue weighted by Crippen LogP contribution is 2.23. The molecular weight excluding hydrogens is 448 g/mol. The number of alkyl halides is 2. The van der Waals surface area contributed by atoms with Gasteiger partial charge in [0, 0.05) is 15.6 Å². The first-order valence-corrected chi connectivity index (χ1v) is 8.90. The second-order valence-electron chi connectivity index (χ2n) is 5.55. The van der Waals surface area contributed by atoms with Crippen LogP contribution in [0.15, 0.2) is 62.9 Å². The number of hydrazone groups is 1. The maximum absolute atomic E-state index is 12.5. The van der Waals surface area contributed by atoms with Gasteiger partial charge in [0.25, 0.3) is 5.56 Å². The van der Waals surface area contributed by atoms with Crippen LogP contribution in [0.1, 0.15) is 11.1 Å². The molecule has 0 aliphatic heterocycles. The zero-order valence-electron chi connectivity index (χ0n) is 14.6. The van der Waals surface area contributed by atoms with Crippen LogP contribution in [0.3, 0.4) is 0 Å². The van der Waals surface area contributed by atoms with E-state index in [9.17, 15) is 18.8 Å². The molecule has 0 atom stereocenters. The molecule has 0 radical (unpaired) electrons. The minimum absolute atomic E-state index is 0.0181. The fourth-order valence-corrected chi connectivity index (χ4v) is 2.80. The zero-order chi connectivity index (χ0) is 20.8. The van der Waals surface area contributed by atoms with Gasteiger partial charge in [-0.25, -0.2) is 10.4 Å². The van der Waals surface area contributed by atoms with Gasteiger partial charge in [-0.2, -0.15) is 19.1 Å². The lowest BCUT2D eigenvalue weighted by molar-refractivity contribution is -0.0499. The summed E-state index contributed by atoms with van der Waals surface area (Å²) in [7, 11) is 0. The molecular formula is C19H12BrF2N5O2. The molecule has 0 fully saturated rings. The first-order chi connectivity index (χ1) is 14.0. The maximum atomic E-state index is 12.5. The predicted octanol–water partition coefficient (Wildman–Crippen LogP) is 4.12. The van der Waals surface area contributed by atoms with Gasteiger partial charge >= 0.3 is 6.61 Å². The number of nitrogens with one attached hydrogen (secondary N) is 2. The molecule has 7 nitrogen and oxygen atoms in total. The van der Waals surface area contributed by atoms with E-state index < -0.39 is 12.2 Å². The van der Waals surface area contributed by atoms with E-state index in [1.165, 1.54) is 18.3 Å². The molecule has 0 aliphatic rings. The number of rotatable bonds is 6. The number of aromatic amines is 1. The lowest BCUT2D eigenvalue weighted by Crippen LogP contribution is -2.16. The van der Waals surface area contributed by atoms with Gasteiger partial charge in [0.05, 0.1) is 11.9 Å². The van der Waals surface area contributed by atoms with Gasteiger partial charge in [0.2, 0.25) is 5.95 Å². The first kappa shape index (κ1) is 20.2. The smallest absolute Gasteiger partial charge is 0.387 e. The molecule has 146 valence electrons. The van der Waals surface area contributed by atoms with Crippen molar-refractivity contribution in [2.75, 3.05) is 5.43 Å². The van der Waals surface area contributed by atoms with Crippen molar-refractivity contribution in [3.8, 4) is 23.1 Å². The van der Waals surface area contributed by atoms with E-state index in [0.29, 0.717) is 10.0 Å². The lowest BCUT2D eigenvalue weighted by Gasteiger charge is -2.08. The van der Waals surface area contributed by atoms with Crippen LogP contribution < -0.4 is 15.7 Å². The Morgan fingerprint density at radius 3 is 2.72 bits per heavy atom. The highest BCUT2D eigenvalue weighted by Gasteiger charge is 2.13. The third-order valence-corrected chi connectivity index (χ3v) is 4.13. The third-order valence-electron chi connectivity index (χ3n) is 3.64. The van der Waals surface area contributed by atoms with E-state index in [1.807, 2.05) is 6.07 Å². The van der Waals surface area contributed by atoms with Gasteiger partial charge < -0.3 is 4.74 Å². The number of ether oxygens (including phenoxy) is 1. The number of H-pyrrole nitrogens is 1. The number of nitrogens with zero attached hydrogens (tertiary/aromatic N) is 3. The average Bonchev–Trinajstić information content (AvgIpc) is 2.70. The molecule has 29 heavy (non-hydrogen) atoms. The molecule has 0 saturated heterocycles. The summed E-state index contributed by atoms with van der Waals surface area (Å²) in [6.45, 7) is -2.98. The molecule has 2 aromatic carbocycles. The third kappa shape index (κ3) is 5.03. The molecule has 0 bridgehead atoms. The van der Waals surface area contributed by atoms with Crippen molar-refractivity contribution in [1.82, 2.24) is 9.97 Å². The minimum atomic E-state index is -2.98. The molecule has 0 amide bonds. The van der Waals surface area contributed by atoms with Crippen LogP contribution >= 0.6 is 15.9 Å². The fourth-order valence-electron chi connectivity index (χ4n) is 2.42. The minimum Gasteiger partial charge on any atom is -0.434 e. The number of halogens is 3. The molecule has 3 aromatic rings. The Balaban J connectivity index is 1.91. The van der Waals surface area contributed by atoms with Crippen LogP contribution in [-0.2, 0) is 0 Å². The largest absolute Gasteiger partial charge is 0.434 e. The van der Waals surface area contributed by atoms with Crippen molar-refractivity contribution in [3.63, 3.8) is 0 Å². The molecule has 0 spiro atoms. The average molecular weight is 460 g/mol. The molecule has 0 saturated carbocycles. The summed E-state index contributed by atoms with van der Waals surface area (Å²) >= 11 is 3.24. The van der Waals surface area contributed by atoms with E-state index >= 15 is 0 Å². The van der Waals surface area contributed by atoms with Crippen LogP contribution in [0.25, 0.3) is 11.3 Å². The molecule has 3 rings (SSSR count). The Bertz CT molecular complexity index is 1140. The highest BCUT2D eigenvalue weighted by atomic mass is 79.9. The quantitative estimate of drug-likeness (QED) is 0.426. The summed E-state index contributed by atoms with van der Waals surface area (Å²) in [5.41, 5.74) is 2.81. The highest BCUT2D eigenvalue weighted by molar-refractivity contribution is 9.10. The van der Waals surface area contributed by atoms with E-state index in [4.69, 9.17) is 0 Å². The van der Waals surface area contributed by atoms with Gasteiger partial charge in [-0.15, -0.1) is 0 Å². The van der Waals surface area contributed by atoms with E-state index in [2.05, 4.69) is 41.2 Å². The number of hydrogen-bond acceptors (Lipinski definition) is 6. The summed E-state index contributed by atoms with van der Waals surface area (Å²) in [5, 5.41) is 13.2. The Hall–Kier alpha value is -3.58. The summed E-state index contributed by atoms with van der Waals surface area (Å²) < 4.78 is 30.2. The van der Waals surface area contributed by atoms with Crippen molar-refractivity contribution in [2.45, 2.75) is 6.61 Å².